The van der Waals surface area contributed by atoms with E-state index in [9.17, 15) is 0 Å². The van der Waals surface area contributed by atoms with E-state index >= 15 is 0 Å². The van der Waals surface area contributed by atoms with Crippen molar-refractivity contribution in [1.82, 2.24) is 5.16 Å². The lowest BCUT2D eigenvalue weighted by Gasteiger charge is -2.14. The van der Waals surface area contributed by atoms with E-state index in [1.165, 1.54) is 0 Å². The first kappa shape index (κ1) is 9.89. The Bertz CT molecular complexity index is 561. The summed E-state index contributed by atoms with van der Waals surface area (Å²) in [4.78, 5) is 6.30. The van der Waals surface area contributed by atoms with Gasteiger partial charge in [-0.3, -0.25) is 4.99 Å². The Kier molecular flexibility index (Phi) is 2.29. The number of anilines is 2. The minimum atomic E-state index is 0.327. The predicted octanol–water partition coefficient (Wildman–Crippen LogP) is 1.77. The molecule has 0 unspecified atom stereocenters. The molecule has 0 saturated heterocycles. The third-order valence-corrected chi connectivity index (χ3v) is 2.69. The second-order valence-corrected chi connectivity index (χ2v) is 3.88. The van der Waals surface area contributed by atoms with Crippen molar-refractivity contribution in [2.45, 2.75) is 0 Å². The molecular weight excluding hydrogens is 216 g/mol. The first-order valence-electron chi connectivity index (χ1n) is 5.42. The van der Waals surface area contributed by atoms with Crippen LogP contribution < -0.4 is 10.6 Å². The number of nitrogen functional groups attached to an aromatic ring is 1. The van der Waals surface area contributed by atoms with Crippen LogP contribution in [0.25, 0.3) is 11.3 Å². The molecule has 1 aliphatic heterocycles. The number of aromatic nitrogens is 1. The third kappa shape index (κ3) is 1.87. The van der Waals surface area contributed by atoms with Gasteiger partial charge in [-0.1, -0.05) is 17.3 Å². The fourth-order valence-electron chi connectivity index (χ4n) is 1.84. The van der Waals surface area contributed by atoms with Gasteiger partial charge in [0.25, 0.3) is 0 Å². The summed E-state index contributed by atoms with van der Waals surface area (Å²) in [6.07, 6.45) is 1.86. The lowest BCUT2D eigenvalue weighted by atomic mass is 10.1. The molecule has 0 atom stereocenters. The average Bonchev–Trinajstić information content (AvgIpc) is 3.00. The van der Waals surface area contributed by atoms with Crippen LogP contribution in [0.1, 0.15) is 0 Å². The number of nitrogens with two attached hydrogens (primary N) is 1. The normalized spacial score (nSPS) is 14.5. The molecular formula is C12H12N4O. The van der Waals surface area contributed by atoms with Crippen LogP contribution in [0.4, 0.5) is 11.6 Å². The van der Waals surface area contributed by atoms with Crippen LogP contribution in [0.2, 0.25) is 0 Å². The number of aliphatic imine (C=N–C) groups is 1. The fraction of sp³-hybridized carbons (Fsp3) is 0.167. The second-order valence-electron chi connectivity index (χ2n) is 3.88. The van der Waals surface area contributed by atoms with Gasteiger partial charge in [0.15, 0.2) is 0 Å². The molecule has 0 aliphatic carbocycles. The molecule has 2 N–H and O–H groups in total. The minimum Gasteiger partial charge on any atom is -0.368 e. The minimum absolute atomic E-state index is 0.327. The van der Waals surface area contributed by atoms with Crippen molar-refractivity contribution in [1.29, 1.82) is 0 Å². The molecule has 0 amide bonds. The lowest BCUT2D eigenvalue weighted by molar-refractivity contribution is 0.439. The van der Waals surface area contributed by atoms with Crippen molar-refractivity contribution in [3.8, 4) is 11.3 Å². The quantitative estimate of drug-likeness (QED) is 0.850. The maximum atomic E-state index is 5.52. The average molecular weight is 228 g/mol. The summed E-state index contributed by atoms with van der Waals surface area (Å²) in [6.45, 7) is 1.77. The molecule has 0 fully saturated rings. The van der Waals surface area contributed by atoms with Crippen LogP contribution >= 0.6 is 0 Å². The van der Waals surface area contributed by atoms with Crippen molar-refractivity contribution in [2.24, 2.45) is 4.99 Å². The fourth-order valence-corrected chi connectivity index (χ4v) is 1.84. The molecule has 2 heterocycles. The predicted molar refractivity (Wildman–Crippen MR) is 67.1 cm³/mol. The van der Waals surface area contributed by atoms with Gasteiger partial charge in [0, 0.05) is 23.9 Å². The molecule has 3 rings (SSSR count). The van der Waals surface area contributed by atoms with Crippen molar-refractivity contribution in [3.63, 3.8) is 0 Å². The first-order chi connectivity index (χ1) is 8.33. The van der Waals surface area contributed by atoms with Gasteiger partial charge in [-0.25, -0.2) is 0 Å². The topological polar surface area (TPSA) is 67.7 Å². The zero-order chi connectivity index (χ0) is 11.7. The Morgan fingerprint density at radius 3 is 2.94 bits per heavy atom. The molecule has 1 aromatic carbocycles. The Balaban J connectivity index is 1.96. The summed E-state index contributed by atoms with van der Waals surface area (Å²) >= 11 is 0. The van der Waals surface area contributed by atoms with Crippen LogP contribution in [0.3, 0.4) is 0 Å². The molecule has 5 nitrogen and oxygen atoms in total. The Hall–Kier alpha value is -2.30. The summed E-state index contributed by atoms with van der Waals surface area (Å²) in [5.74, 6) is 0.327. The second kappa shape index (κ2) is 3.93. The summed E-state index contributed by atoms with van der Waals surface area (Å²) < 4.78 is 4.87. The molecule has 1 aromatic heterocycles. The maximum Gasteiger partial charge on any atom is 0.222 e. The number of hydrogen-bond acceptors (Lipinski definition) is 5. The van der Waals surface area contributed by atoms with E-state index in [1.807, 2.05) is 24.5 Å². The van der Waals surface area contributed by atoms with E-state index < -0.39 is 0 Å². The van der Waals surface area contributed by atoms with Gasteiger partial charge in [-0.05, 0) is 12.1 Å². The molecule has 1 aliphatic rings. The maximum absolute atomic E-state index is 5.52. The SMILES string of the molecule is Nc1cc(-c2cccc(N3C=NCC3)c2)no1. The summed E-state index contributed by atoms with van der Waals surface area (Å²) in [5, 5.41) is 3.90. The Labute approximate surface area is 98.5 Å². The van der Waals surface area contributed by atoms with E-state index in [4.69, 9.17) is 10.3 Å². The number of nitrogens with zero attached hydrogens (tertiary/aromatic N) is 3. The van der Waals surface area contributed by atoms with Crippen LogP contribution in [0.5, 0.6) is 0 Å². The van der Waals surface area contributed by atoms with Gasteiger partial charge >= 0.3 is 0 Å². The van der Waals surface area contributed by atoms with E-state index in [0.29, 0.717) is 5.88 Å². The van der Waals surface area contributed by atoms with E-state index in [0.717, 1.165) is 30.0 Å². The molecule has 17 heavy (non-hydrogen) atoms. The highest BCUT2D eigenvalue weighted by molar-refractivity contribution is 5.82. The Morgan fingerprint density at radius 1 is 1.29 bits per heavy atom. The highest BCUT2D eigenvalue weighted by Crippen LogP contribution is 2.25. The van der Waals surface area contributed by atoms with Crippen molar-refractivity contribution >= 4 is 17.9 Å². The van der Waals surface area contributed by atoms with Gasteiger partial charge in [0.1, 0.15) is 5.69 Å². The van der Waals surface area contributed by atoms with Crippen LogP contribution in [0.15, 0.2) is 39.8 Å². The van der Waals surface area contributed by atoms with Crippen LogP contribution in [-0.2, 0) is 0 Å². The molecule has 0 saturated carbocycles. The lowest BCUT2D eigenvalue weighted by Crippen LogP contribution is -2.17. The van der Waals surface area contributed by atoms with Gasteiger partial charge < -0.3 is 15.2 Å². The Morgan fingerprint density at radius 2 is 2.24 bits per heavy atom. The summed E-state index contributed by atoms with van der Waals surface area (Å²) in [5.41, 5.74) is 8.36. The molecule has 0 bridgehead atoms. The number of hydrogen-bond donors (Lipinski definition) is 1. The number of benzene rings is 1. The number of rotatable bonds is 2. The zero-order valence-electron chi connectivity index (χ0n) is 9.21. The monoisotopic (exact) mass is 228 g/mol. The van der Waals surface area contributed by atoms with Gasteiger partial charge in [0.2, 0.25) is 5.88 Å². The van der Waals surface area contributed by atoms with E-state index in [2.05, 4.69) is 21.1 Å². The van der Waals surface area contributed by atoms with Crippen molar-refractivity contribution in [2.75, 3.05) is 23.7 Å². The van der Waals surface area contributed by atoms with E-state index in [-0.39, 0.29) is 0 Å². The van der Waals surface area contributed by atoms with Crippen LogP contribution in [0, 0.1) is 0 Å². The van der Waals surface area contributed by atoms with Crippen molar-refractivity contribution in [3.05, 3.63) is 30.3 Å². The smallest absolute Gasteiger partial charge is 0.222 e. The first-order valence-corrected chi connectivity index (χ1v) is 5.42. The highest BCUT2D eigenvalue weighted by atomic mass is 16.5. The molecule has 0 spiro atoms. The van der Waals surface area contributed by atoms with Gasteiger partial charge in [0.05, 0.1) is 12.9 Å². The summed E-state index contributed by atoms with van der Waals surface area (Å²) in [7, 11) is 0. The molecule has 2 aromatic rings. The summed E-state index contributed by atoms with van der Waals surface area (Å²) in [6, 6.07) is 9.78. The van der Waals surface area contributed by atoms with Gasteiger partial charge in [-0.2, -0.15) is 0 Å². The molecule has 5 heteroatoms. The molecule has 0 radical (unpaired) electrons. The van der Waals surface area contributed by atoms with Crippen molar-refractivity contribution < 1.29 is 4.52 Å². The zero-order valence-corrected chi connectivity index (χ0v) is 9.21. The van der Waals surface area contributed by atoms with Crippen LogP contribution in [-0.4, -0.2) is 24.6 Å². The van der Waals surface area contributed by atoms with E-state index in [1.54, 1.807) is 6.07 Å². The highest BCUT2D eigenvalue weighted by Gasteiger charge is 2.10. The van der Waals surface area contributed by atoms with Gasteiger partial charge in [-0.15, -0.1) is 0 Å². The third-order valence-electron chi connectivity index (χ3n) is 2.69. The molecule has 86 valence electrons. The standard InChI is InChI=1S/C12H12N4O/c13-12-7-11(15-17-12)9-2-1-3-10(6-9)16-5-4-14-8-16/h1-3,6-8H,4-5,13H2. The largest absolute Gasteiger partial charge is 0.368 e.